The van der Waals surface area contributed by atoms with Gasteiger partial charge in [0.1, 0.15) is 0 Å². The number of benzene rings is 1. The summed E-state index contributed by atoms with van der Waals surface area (Å²) in [5.41, 5.74) is 6.97. The number of hydrogen-bond acceptors (Lipinski definition) is 4. The first-order valence-corrected chi connectivity index (χ1v) is 8.04. The molecule has 0 aliphatic heterocycles. The van der Waals surface area contributed by atoms with Crippen LogP contribution in [0.15, 0.2) is 29.5 Å². The first-order chi connectivity index (χ1) is 11.8. The van der Waals surface area contributed by atoms with Crippen LogP contribution in [0, 0.1) is 20.8 Å². The van der Waals surface area contributed by atoms with Crippen LogP contribution < -0.4 is 10.7 Å². The minimum Gasteiger partial charge on any atom is -0.326 e. The summed E-state index contributed by atoms with van der Waals surface area (Å²) in [6, 6.07) is 5.80. The van der Waals surface area contributed by atoms with E-state index in [2.05, 4.69) is 20.9 Å². The molecule has 0 bridgehead atoms. The minimum atomic E-state index is -0.312. The van der Waals surface area contributed by atoms with Crippen molar-refractivity contribution in [1.82, 2.24) is 15.2 Å². The Morgan fingerprint density at radius 1 is 1.20 bits per heavy atom. The van der Waals surface area contributed by atoms with E-state index in [1.807, 2.05) is 52.2 Å². The predicted octanol–water partition coefficient (Wildman–Crippen LogP) is 2.21. The van der Waals surface area contributed by atoms with Gasteiger partial charge in [-0.15, -0.1) is 0 Å². The van der Waals surface area contributed by atoms with E-state index in [0.717, 1.165) is 28.1 Å². The van der Waals surface area contributed by atoms with Crippen molar-refractivity contribution in [1.29, 1.82) is 0 Å². The number of nitrogens with one attached hydrogen (secondary N) is 2. The van der Waals surface area contributed by atoms with Gasteiger partial charge in [0, 0.05) is 37.3 Å². The number of aryl methyl sites for hydroxylation is 4. The first-order valence-electron chi connectivity index (χ1n) is 8.04. The van der Waals surface area contributed by atoms with E-state index in [0.29, 0.717) is 0 Å². The maximum absolute atomic E-state index is 12.0. The van der Waals surface area contributed by atoms with Crippen LogP contribution in [-0.4, -0.2) is 27.8 Å². The number of hydrazone groups is 1. The Balaban J connectivity index is 1.77. The van der Waals surface area contributed by atoms with E-state index in [-0.39, 0.29) is 24.7 Å². The Bertz CT molecular complexity index is 808. The number of amides is 2. The summed E-state index contributed by atoms with van der Waals surface area (Å²) in [5.74, 6) is -0.511. The summed E-state index contributed by atoms with van der Waals surface area (Å²) in [7, 11) is 1.82. The number of carbonyl (C=O) groups excluding carboxylic acids is 2. The molecule has 2 aromatic rings. The second kappa shape index (κ2) is 8.23. The van der Waals surface area contributed by atoms with Crippen LogP contribution in [0.5, 0.6) is 0 Å². The average Bonchev–Trinajstić information content (AvgIpc) is 2.86. The van der Waals surface area contributed by atoms with Crippen molar-refractivity contribution < 1.29 is 9.59 Å². The molecule has 0 radical (unpaired) electrons. The summed E-state index contributed by atoms with van der Waals surface area (Å²) in [5, 5.41) is 10.9. The van der Waals surface area contributed by atoms with Crippen molar-refractivity contribution in [3.8, 4) is 0 Å². The Labute approximate surface area is 147 Å². The van der Waals surface area contributed by atoms with Crippen molar-refractivity contribution in [3.05, 3.63) is 46.8 Å². The zero-order valence-corrected chi connectivity index (χ0v) is 15.0. The number of nitrogens with zero attached hydrogens (tertiary/aromatic N) is 3. The maximum atomic E-state index is 12.0. The molecule has 2 N–H and O–H groups in total. The standard InChI is InChI=1S/C18H23N5O2/c1-12-5-6-16(13(2)9-12)20-17(24)7-8-18(25)21-19-10-15-11-23(4)22-14(15)3/h5-6,9-11H,7-8H2,1-4H3,(H,20,24)(H,21,25)/b19-10+. The molecule has 0 aliphatic rings. The number of hydrogen-bond donors (Lipinski definition) is 2. The Morgan fingerprint density at radius 2 is 1.92 bits per heavy atom. The van der Waals surface area contributed by atoms with Crippen molar-refractivity contribution in [3.63, 3.8) is 0 Å². The molecular formula is C18H23N5O2. The lowest BCUT2D eigenvalue weighted by Gasteiger charge is -2.08. The lowest BCUT2D eigenvalue weighted by atomic mass is 10.1. The molecule has 25 heavy (non-hydrogen) atoms. The van der Waals surface area contributed by atoms with Crippen LogP contribution in [0.3, 0.4) is 0 Å². The highest BCUT2D eigenvalue weighted by atomic mass is 16.2. The summed E-state index contributed by atoms with van der Waals surface area (Å²) < 4.78 is 1.68. The van der Waals surface area contributed by atoms with E-state index in [4.69, 9.17) is 0 Å². The molecule has 7 nitrogen and oxygen atoms in total. The van der Waals surface area contributed by atoms with Crippen LogP contribution in [0.2, 0.25) is 0 Å². The number of aromatic nitrogens is 2. The highest BCUT2D eigenvalue weighted by molar-refractivity contribution is 5.94. The van der Waals surface area contributed by atoms with E-state index >= 15 is 0 Å². The van der Waals surface area contributed by atoms with Crippen LogP contribution in [-0.2, 0) is 16.6 Å². The van der Waals surface area contributed by atoms with Gasteiger partial charge in [-0.05, 0) is 32.4 Å². The zero-order valence-electron chi connectivity index (χ0n) is 15.0. The van der Waals surface area contributed by atoms with Crippen LogP contribution in [0.1, 0.15) is 35.2 Å². The molecule has 2 amide bonds. The molecule has 7 heteroatoms. The molecule has 0 saturated carbocycles. The third-order valence-electron chi connectivity index (χ3n) is 3.68. The monoisotopic (exact) mass is 341 g/mol. The van der Waals surface area contributed by atoms with E-state index in [1.54, 1.807) is 4.68 Å². The molecule has 0 unspecified atom stereocenters. The van der Waals surface area contributed by atoms with Crippen molar-refractivity contribution >= 4 is 23.7 Å². The maximum Gasteiger partial charge on any atom is 0.240 e. The van der Waals surface area contributed by atoms with Gasteiger partial charge in [0.2, 0.25) is 11.8 Å². The van der Waals surface area contributed by atoms with Gasteiger partial charge in [-0.2, -0.15) is 10.2 Å². The molecule has 2 rings (SSSR count). The van der Waals surface area contributed by atoms with Gasteiger partial charge in [-0.1, -0.05) is 17.7 Å². The molecule has 0 saturated heterocycles. The summed E-state index contributed by atoms with van der Waals surface area (Å²) in [4.78, 5) is 23.7. The van der Waals surface area contributed by atoms with Gasteiger partial charge in [-0.25, -0.2) is 5.43 Å². The molecule has 0 atom stereocenters. The summed E-state index contributed by atoms with van der Waals surface area (Å²) in [6.07, 6.45) is 3.51. The molecule has 0 aliphatic carbocycles. The highest BCUT2D eigenvalue weighted by Gasteiger charge is 2.08. The quantitative estimate of drug-likeness (QED) is 0.624. The van der Waals surface area contributed by atoms with E-state index in [9.17, 15) is 9.59 Å². The Hall–Kier alpha value is -2.96. The van der Waals surface area contributed by atoms with Crippen molar-refractivity contribution in [2.75, 3.05) is 5.32 Å². The summed E-state index contributed by atoms with van der Waals surface area (Å²) >= 11 is 0. The lowest BCUT2D eigenvalue weighted by molar-refractivity contribution is -0.124. The molecule has 0 spiro atoms. The fourth-order valence-corrected chi connectivity index (χ4v) is 2.37. The van der Waals surface area contributed by atoms with Gasteiger partial charge in [-0.3, -0.25) is 14.3 Å². The molecule has 0 fully saturated rings. The predicted molar refractivity (Wildman–Crippen MR) is 97.5 cm³/mol. The van der Waals surface area contributed by atoms with E-state index in [1.165, 1.54) is 6.21 Å². The van der Waals surface area contributed by atoms with Crippen LogP contribution in [0.4, 0.5) is 5.69 Å². The lowest BCUT2D eigenvalue weighted by Crippen LogP contribution is -2.20. The Kier molecular flexibility index (Phi) is 6.05. The molecule has 132 valence electrons. The SMILES string of the molecule is Cc1ccc(NC(=O)CCC(=O)N/N=C/c2cn(C)nc2C)c(C)c1. The normalized spacial score (nSPS) is 10.9. The van der Waals surface area contributed by atoms with E-state index < -0.39 is 0 Å². The average molecular weight is 341 g/mol. The van der Waals surface area contributed by atoms with Gasteiger partial charge in [0.25, 0.3) is 0 Å². The highest BCUT2D eigenvalue weighted by Crippen LogP contribution is 2.16. The van der Waals surface area contributed by atoms with Gasteiger partial charge >= 0.3 is 0 Å². The molecule has 1 aromatic carbocycles. The Morgan fingerprint density at radius 3 is 2.56 bits per heavy atom. The number of anilines is 1. The second-order valence-corrected chi connectivity index (χ2v) is 6.00. The van der Waals surface area contributed by atoms with Crippen LogP contribution >= 0.6 is 0 Å². The zero-order chi connectivity index (χ0) is 18.4. The van der Waals surface area contributed by atoms with Gasteiger partial charge in [0.15, 0.2) is 0 Å². The topological polar surface area (TPSA) is 88.4 Å². The minimum absolute atomic E-state index is 0.0695. The summed E-state index contributed by atoms with van der Waals surface area (Å²) in [6.45, 7) is 5.79. The first kappa shape index (κ1) is 18.4. The molecule has 1 aromatic heterocycles. The molecule has 1 heterocycles. The third-order valence-corrected chi connectivity index (χ3v) is 3.68. The fraction of sp³-hybridized carbons (Fsp3) is 0.333. The third kappa shape index (κ3) is 5.56. The van der Waals surface area contributed by atoms with Gasteiger partial charge in [0.05, 0.1) is 11.9 Å². The van der Waals surface area contributed by atoms with Gasteiger partial charge < -0.3 is 5.32 Å². The van der Waals surface area contributed by atoms with Crippen molar-refractivity contribution in [2.45, 2.75) is 33.6 Å². The smallest absolute Gasteiger partial charge is 0.240 e. The van der Waals surface area contributed by atoms with Crippen molar-refractivity contribution in [2.24, 2.45) is 12.1 Å². The fourth-order valence-electron chi connectivity index (χ4n) is 2.37. The largest absolute Gasteiger partial charge is 0.326 e. The number of carbonyl (C=O) groups is 2. The van der Waals surface area contributed by atoms with Crippen LogP contribution in [0.25, 0.3) is 0 Å². The molecular weight excluding hydrogens is 318 g/mol. The number of rotatable bonds is 6. The second-order valence-electron chi connectivity index (χ2n) is 6.00.